The number of carbonyl (C=O) groups excluding carboxylic acids is 1. The molecule has 0 aliphatic carbocycles. The van der Waals surface area contributed by atoms with Crippen LogP contribution in [0.15, 0.2) is 60.7 Å². The van der Waals surface area contributed by atoms with E-state index >= 15 is 0 Å². The quantitative estimate of drug-likeness (QED) is 0.718. The Morgan fingerprint density at radius 3 is 2.54 bits per heavy atom. The SMILES string of the molecule is N#Cc1ccccc1NC(=O)c1ccc(NCc2ccccc2Cl)nn1. The first-order chi connectivity index (χ1) is 12.7. The number of benzene rings is 2. The van der Waals surface area contributed by atoms with Gasteiger partial charge in [-0.3, -0.25) is 4.79 Å². The highest BCUT2D eigenvalue weighted by molar-refractivity contribution is 6.31. The molecule has 3 rings (SSSR count). The molecule has 3 aromatic rings. The molecular formula is C19H14ClN5O. The van der Waals surface area contributed by atoms with Crippen LogP contribution in [0.3, 0.4) is 0 Å². The number of anilines is 2. The Balaban J connectivity index is 1.65. The number of hydrogen-bond acceptors (Lipinski definition) is 5. The van der Waals surface area contributed by atoms with Crippen molar-refractivity contribution in [1.29, 1.82) is 5.26 Å². The van der Waals surface area contributed by atoms with Gasteiger partial charge in [0.25, 0.3) is 5.91 Å². The Hall–Kier alpha value is -3.43. The molecule has 0 saturated heterocycles. The number of amides is 1. The van der Waals surface area contributed by atoms with Gasteiger partial charge in [0.2, 0.25) is 0 Å². The molecule has 2 aromatic carbocycles. The zero-order valence-corrected chi connectivity index (χ0v) is 14.4. The molecule has 7 heteroatoms. The molecule has 0 aliphatic heterocycles. The first-order valence-corrected chi connectivity index (χ1v) is 8.16. The van der Waals surface area contributed by atoms with Gasteiger partial charge in [0.1, 0.15) is 11.9 Å². The lowest BCUT2D eigenvalue weighted by molar-refractivity contribution is 0.102. The number of aromatic nitrogens is 2. The summed E-state index contributed by atoms with van der Waals surface area (Å²) < 4.78 is 0. The predicted octanol–water partition coefficient (Wildman–Crippen LogP) is 3.87. The van der Waals surface area contributed by atoms with E-state index in [0.29, 0.717) is 28.6 Å². The average Bonchev–Trinajstić information content (AvgIpc) is 2.68. The topological polar surface area (TPSA) is 90.7 Å². The second-order valence-corrected chi connectivity index (χ2v) is 5.77. The minimum Gasteiger partial charge on any atom is -0.364 e. The van der Waals surface area contributed by atoms with Crippen LogP contribution in [0.4, 0.5) is 11.5 Å². The zero-order valence-electron chi connectivity index (χ0n) is 13.6. The summed E-state index contributed by atoms with van der Waals surface area (Å²) in [5, 5.41) is 23.4. The van der Waals surface area contributed by atoms with Gasteiger partial charge >= 0.3 is 0 Å². The molecular weight excluding hydrogens is 350 g/mol. The third-order valence-electron chi connectivity index (χ3n) is 3.61. The van der Waals surface area contributed by atoms with E-state index in [9.17, 15) is 4.79 Å². The molecule has 1 amide bonds. The Labute approximate surface area is 155 Å². The van der Waals surface area contributed by atoms with Crippen molar-refractivity contribution in [2.24, 2.45) is 0 Å². The summed E-state index contributed by atoms with van der Waals surface area (Å²) in [7, 11) is 0. The Morgan fingerprint density at radius 1 is 1.04 bits per heavy atom. The van der Waals surface area contributed by atoms with Crippen molar-refractivity contribution in [1.82, 2.24) is 10.2 Å². The van der Waals surface area contributed by atoms with Gasteiger partial charge in [0.15, 0.2) is 5.69 Å². The highest BCUT2D eigenvalue weighted by Gasteiger charge is 2.11. The fourth-order valence-corrected chi connectivity index (χ4v) is 2.45. The minimum atomic E-state index is -0.433. The molecule has 1 aromatic heterocycles. The second-order valence-electron chi connectivity index (χ2n) is 5.36. The van der Waals surface area contributed by atoms with E-state index in [4.69, 9.17) is 16.9 Å². The van der Waals surface area contributed by atoms with Crippen molar-refractivity contribution in [3.05, 3.63) is 82.5 Å². The molecule has 0 aliphatic rings. The lowest BCUT2D eigenvalue weighted by Gasteiger charge is -2.08. The predicted molar refractivity (Wildman–Crippen MR) is 99.9 cm³/mol. The van der Waals surface area contributed by atoms with Crippen molar-refractivity contribution >= 4 is 29.0 Å². The lowest BCUT2D eigenvalue weighted by atomic mass is 10.2. The largest absolute Gasteiger partial charge is 0.364 e. The van der Waals surface area contributed by atoms with Gasteiger partial charge in [0.05, 0.1) is 11.3 Å². The van der Waals surface area contributed by atoms with Gasteiger partial charge in [-0.1, -0.05) is 41.9 Å². The van der Waals surface area contributed by atoms with E-state index in [-0.39, 0.29) is 5.69 Å². The van der Waals surface area contributed by atoms with E-state index < -0.39 is 5.91 Å². The Bertz CT molecular complexity index is 966. The smallest absolute Gasteiger partial charge is 0.276 e. The first-order valence-electron chi connectivity index (χ1n) is 7.79. The number of nitrogens with zero attached hydrogens (tertiary/aromatic N) is 3. The Kier molecular flexibility index (Phi) is 5.42. The summed E-state index contributed by atoms with van der Waals surface area (Å²) >= 11 is 6.11. The fourth-order valence-electron chi connectivity index (χ4n) is 2.25. The van der Waals surface area contributed by atoms with Crippen molar-refractivity contribution < 1.29 is 4.79 Å². The van der Waals surface area contributed by atoms with Crippen LogP contribution >= 0.6 is 11.6 Å². The molecule has 0 bridgehead atoms. The van der Waals surface area contributed by atoms with Crippen LogP contribution in [-0.2, 0) is 6.54 Å². The molecule has 0 unspecified atom stereocenters. The van der Waals surface area contributed by atoms with Gasteiger partial charge in [-0.25, -0.2) is 0 Å². The number of rotatable bonds is 5. The van der Waals surface area contributed by atoms with Crippen molar-refractivity contribution in [3.8, 4) is 6.07 Å². The number of para-hydroxylation sites is 1. The number of carbonyl (C=O) groups is 1. The average molecular weight is 364 g/mol. The number of hydrogen-bond donors (Lipinski definition) is 2. The van der Waals surface area contributed by atoms with E-state index in [1.165, 1.54) is 0 Å². The third-order valence-corrected chi connectivity index (χ3v) is 3.98. The second kappa shape index (κ2) is 8.10. The molecule has 0 saturated carbocycles. The van der Waals surface area contributed by atoms with Crippen molar-refractivity contribution in [3.63, 3.8) is 0 Å². The van der Waals surface area contributed by atoms with E-state index in [1.807, 2.05) is 30.3 Å². The highest BCUT2D eigenvalue weighted by atomic mass is 35.5. The summed E-state index contributed by atoms with van der Waals surface area (Å²) in [6, 6.07) is 19.5. The zero-order chi connectivity index (χ0) is 18.4. The summed E-state index contributed by atoms with van der Waals surface area (Å²) in [5.41, 5.74) is 1.90. The van der Waals surface area contributed by atoms with Gasteiger partial charge in [-0.05, 0) is 35.9 Å². The third kappa shape index (κ3) is 4.15. The molecule has 0 radical (unpaired) electrons. The van der Waals surface area contributed by atoms with Crippen molar-refractivity contribution in [2.45, 2.75) is 6.54 Å². The van der Waals surface area contributed by atoms with Crippen LogP contribution < -0.4 is 10.6 Å². The Morgan fingerprint density at radius 2 is 1.81 bits per heavy atom. The van der Waals surface area contributed by atoms with Crippen LogP contribution in [0.25, 0.3) is 0 Å². The van der Waals surface area contributed by atoms with Crippen LogP contribution in [0.1, 0.15) is 21.6 Å². The fraction of sp³-hybridized carbons (Fsp3) is 0.0526. The molecule has 0 fully saturated rings. The molecule has 1 heterocycles. The maximum absolute atomic E-state index is 12.3. The van der Waals surface area contributed by atoms with Gasteiger partial charge < -0.3 is 10.6 Å². The first kappa shape index (κ1) is 17.4. The molecule has 128 valence electrons. The summed E-state index contributed by atoms with van der Waals surface area (Å²) in [6.45, 7) is 0.495. The molecule has 6 nitrogen and oxygen atoms in total. The highest BCUT2D eigenvalue weighted by Crippen LogP contribution is 2.17. The van der Waals surface area contributed by atoms with E-state index in [1.54, 1.807) is 36.4 Å². The molecule has 0 atom stereocenters. The van der Waals surface area contributed by atoms with Crippen LogP contribution in [0.5, 0.6) is 0 Å². The lowest BCUT2D eigenvalue weighted by Crippen LogP contribution is -2.15. The normalized spacial score (nSPS) is 10.0. The monoisotopic (exact) mass is 363 g/mol. The van der Waals surface area contributed by atoms with Crippen molar-refractivity contribution in [2.75, 3.05) is 10.6 Å². The van der Waals surface area contributed by atoms with E-state index in [2.05, 4.69) is 20.8 Å². The summed E-state index contributed by atoms with van der Waals surface area (Å²) in [6.07, 6.45) is 0. The maximum atomic E-state index is 12.3. The molecule has 2 N–H and O–H groups in total. The van der Waals surface area contributed by atoms with Gasteiger partial charge in [-0.2, -0.15) is 5.26 Å². The van der Waals surface area contributed by atoms with Gasteiger partial charge in [0, 0.05) is 11.6 Å². The number of nitrogens with one attached hydrogen (secondary N) is 2. The van der Waals surface area contributed by atoms with Crippen LogP contribution in [0.2, 0.25) is 5.02 Å². The summed E-state index contributed by atoms with van der Waals surface area (Å²) in [4.78, 5) is 12.3. The number of nitriles is 1. The molecule has 0 spiro atoms. The maximum Gasteiger partial charge on any atom is 0.276 e. The van der Waals surface area contributed by atoms with Crippen LogP contribution in [0, 0.1) is 11.3 Å². The standard InChI is InChI=1S/C19H14ClN5O/c20-15-7-3-1-6-14(15)12-22-18-10-9-17(24-25-18)19(26)23-16-8-4-2-5-13(16)11-21/h1-10H,12H2,(H,22,25)(H,23,26). The summed E-state index contributed by atoms with van der Waals surface area (Å²) in [5.74, 6) is 0.0942. The minimum absolute atomic E-state index is 0.154. The number of halogens is 1. The van der Waals surface area contributed by atoms with E-state index in [0.717, 1.165) is 5.56 Å². The molecule has 26 heavy (non-hydrogen) atoms. The van der Waals surface area contributed by atoms with Crippen LogP contribution in [-0.4, -0.2) is 16.1 Å². The van der Waals surface area contributed by atoms with Gasteiger partial charge in [-0.15, -0.1) is 10.2 Å².